The van der Waals surface area contributed by atoms with Gasteiger partial charge in [-0.25, -0.2) is 0 Å². The number of hydrogen-bond acceptors (Lipinski definition) is 4. The highest BCUT2D eigenvalue weighted by atomic mass is 19.4. The summed E-state index contributed by atoms with van der Waals surface area (Å²) in [6, 6.07) is 4.88. The fourth-order valence-electron chi connectivity index (χ4n) is 2.57. The minimum atomic E-state index is -4.75. The third-order valence-corrected chi connectivity index (χ3v) is 3.65. The van der Waals surface area contributed by atoms with Crippen molar-refractivity contribution in [3.8, 4) is 5.75 Å². The zero-order valence-corrected chi connectivity index (χ0v) is 12.8. The number of anilines is 1. The van der Waals surface area contributed by atoms with E-state index in [2.05, 4.69) is 10.1 Å². The number of rotatable bonds is 5. The van der Waals surface area contributed by atoms with Crippen LogP contribution in [0.15, 0.2) is 24.3 Å². The zero-order chi connectivity index (χ0) is 17.7. The summed E-state index contributed by atoms with van der Waals surface area (Å²) in [7, 11) is 0. The molecule has 0 spiro atoms. The van der Waals surface area contributed by atoms with Gasteiger partial charge in [-0.05, 0) is 43.7 Å². The summed E-state index contributed by atoms with van der Waals surface area (Å²) in [4.78, 5) is 25.0. The molecule has 0 bridgehead atoms. The molecule has 1 aliphatic rings. The Bertz CT molecular complexity index is 590. The normalized spacial score (nSPS) is 18.9. The molecule has 0 aromatic heterocycles. The molecule has 6 nitrogen and oxygen atoms in total. The Balaban J connectivity index is 1.85. The van der Waals surface area contributed by atoms with Crippen molar-refractivity contribution in [2.24, 2.45) is 11.7 Å². The summed E-state index contributed by atoms with van der Waals surface area (Å²) < 4.78 is 40.0. The summed E-state index contributed by atoms with van der Waals surface area (Å²) in [5.41, 5.74) is 5.64. The van der Waals surface area contributed by atoms with Crippen molar-refractivity contribution in [1.82, 2.24) is 4.90 Å². The van der Waals surface area contributed by atoms with Crippen molar-refractivity contribution in [3.05, 3.63) is 24.3 Å². The van der Waals surface area contributed by atoms with Gasteiger partial charge < -0.3 is 15.8 Å². The molecule has 0 aliphatic carbocycles. The predicted molar refractivity (Wildman–Crippen MR) is 80.1 cm³/mol. The van der Waals surface area contributed by atoms with Crippen LogP contribution in [0.5, 0.6) is 5.75 Å². The molecule has 9 heteroatoms. The van der Waals surface area contributed by atoms with Crippen LogP contribution in [0.2, 0.25) is 0 Å². The van der Waals surface area contributed by atoms with Crippen molar-refractivity contribution < 1.29 is 27.5 Å². The molecule has 0 unspecified atom stereocenters. The third-order valence-electron chi connectivity index (χ3n) is 3.65. The summed E-state index contributed by atoms with van der Waals surface area (Å²) in [5, 5.41) is 2.59. The van der Waals surface area contributed by atoms with Crippen molar-refractivity contribution >= 4 is 17.5 Å². The molecule has 1 aromatic rings. The smallest absolute Gasteiger partial charge is 0.406 e. The first-order valence-corrected chi connectivity index (χ1v) is 7.40. The minimum absolute atomic E-state index is 0.0879. The molecule has 3 N–H and O–H groups in total. The predicted octanol–water partition coefficient (Wildman–Crippen LogP) is 1.72. The first-order chi connectivity index (χ1) is 11.2. The Morgan fingerprint density at radius 1 is 1.29 bits per heavy atom. The van der Waals surface area contributed by atoms with Crippen molar-refractivity contribution in [3.63, 3.8) is 0 Å². The number of piperidine rings is 1. The lowest BCUT2D eigenvalue weighted by Gasteiger charge is -2.30. The molecule has 132 valence electrons. The lowest BCUT2D eigenvalue weighted by Crippen LogP contribution is -2.44. The maximum atomic E-state index is 12.1. The van der Waals surface area contributed by atoms with E-state index in [1.54, 1.807) is 0 Å². The molecule has 1 fully saturated rings. The van der Waals surface area contributed by atoms with Gasteiger partial charge in [0.15, 0.2) is 0 Å². The van der Waals surface area contributed by atoms with Crippen molar-refractivity contribution in [1.29, 1.82) is 0 Å². The van der Waals surface area contributed by atoms with Gasteiger partial charge in [0.1, 0.15) is 5.75 Å². The second-order valence-electron chi connectivity index (χ2n) is 5.60. The zero-order valence-electron chi connectivity index (χ0n) is 12.8. The van der Waals surface area contributed by atoms with Crippen LogP contribution in [-0.4, -0.2) is 42.7 Å². The summed E-state index contributed by atoms with van der Waals surface area (Å²) >= 11 is 0. The highest BCUT2D eigenvalue weighted by Gasteiger charge is 2.31. The number of nitrogens with one attached hydrogen (secondary N) is 1. The molecule has 0 saturated carbocycles. The Morgan fingerprint density at radius 2 is 1.96 bits per heavy atom. The second-order valence-corrected chi connectivity index (χ2v) is 5.60. The van der Waals surface area contributed by atoms with Gasteiger partial charge >= 0.3 is 6.36 Å². The standard InChI is InChI=1S/C15H18F3N3O3/c16-15(17,18)24-12-5-3-11(4-6-12)20-13(22)9-21-7-1-2-10(8-21)14(19)23/h3-6,10H,1-2,7-9H2,(H2,19,23)(H,20,22)/t10-/m1/s1. The van der Waals surface area contributed by atoms with Crippen molar-refractivity contribution in [2.45, 2.75) is 19.2 Å². The van der Waals surface area contributed by atoms with Gasteiger partial charge in [0, 0.05) is 12.2 Å². The quantitative estimate of drug-likeness (QED) is 0.851. The second kappa shape index (κ2) is 7.52. The van der Waals surface area contributed by atoms with Crippen LogP contribution in [0.4, 0.5) is 18.9 Å². The highest BCUT2D eigenvalue weighted by molar-refractivity contribution is 5.92. The van der Waals surface area contributed by atoms with Crippen LogP contribution >= 0.6 is 0 Å². The molecular weight excluding hydrogens is 327 g/mol. The molecule has 1 atom stereocenters. The minimum Gasteiger partial charge on any atom is -0.406 e. The molecule has 1 saturated heterocycles. The molecule has 24 heavy (non-hydrogen) atoms. The highest BCUT2D eigenvalue weighted by Crippen LogP contribution is 2.24. The molecule has 1 aromatic carbocycles. The van der Waals surface area contributed by atoms with Crippen LogP contribution in [-0.2, 0) is 9.59 Å². The maximum Gasteiger partial charge on any atom is 0.573 e. The van der Waals surface area contributed by atoms with E-state index in [0.717, 1.165) is 18.6 Å². The van der Waals surface area contributed by atoms with Crippen LogP contribution in [0.3, 0.4) is 0 Å². The molecule has 1 heterocycles. The maximum absolute atomic E-state index is 12.1. The number of nitrogens with two attached hydrogens (primary N) is 1. The molecule has 0 radical (unpaired) electrons. The fourth-order valence-corrected chi connectivity index (χ4v) is 2.57. The number of alkyl halides is 3. The average Bonchev–Trinajstić information content (AvgIpc) is 2.48. The first-order valence-electron chi connectivity index (χ1n) is 7.40. The largest absolute Gasteiger partial charge is 0.573 e. The van der Waals surface area contributed by atoms with Gasteiger partial charge in [0.25, 0.3) is 0 Å². The van der Waals surface area contributed by atoms with Crippen LogP contribution in [0, 0.1) is 5.92 Å². The number of nitrogens with zero attached hydrogens (tertiary/aromatic N) is 1. The SMILES string of the molecule is NC(=O)[C@@H]1CCCN(CC(=O)Nc2ccc(OC(F)(F)F)cc2)C1. The van der Waals surface area contributed by atoms with Gasteiger partial charge in [-0.1, -0.05) is 0 Å². The lowest BCUT2D eigenvalue weighted by atomic mass is 9.97. The van der Waals surface area contributed by atoms with Crippen molar-refractivity contribution in [2.75, 3.05) is 25.0 Å². The number of carbonyl (C=O) groups excluding carboxylic acids is 2. The van der Waals surface area contributed by atoms with Gasteiger partial charge in [0.2, 0.25) is 11.8 Å². The van der Waals surface area contributed by atoms with Gasteiger partial charge in [0.05, 0.1) is 12.5 Å². The number of ether oxygens (including phenoxy) is 1. The van der Waals surface area contributed by atoms with E-state index < -0.39 is 6.36 Å². The van der Waals surface area contributed by atoms with E-state index in [1.807, 2.05) is 4.90 Å². The Labute approximate surface area is 136 Å². The Morgan fingerprint density at radius 3 is 2.54 bits per heavy atom. The number of hydrogen-bond donors (Lipinski definition) is 2. The molecule has 2 amide bonds. The third kappa shape index (κ3) is 5.73. The van der Waals surface area contributed by atoms with E-state index in [0.29, 0.717) is 25.2 Å². The summed E-state index contributed by atoms with van der Waals surface area (Å²) in [5.74, 6) is -1.31. The van der Waals surface area contributed by atoms with Gasteiger partial charge in [-0.2, -0.15) is 0 Å². The fraction of sp³-hybridized carbons (Fsp3) is 0.467. The average molecular weight is 345 g/mol. The van der Waals surface area contributed by atoms with E-state index in [9.17, 15) is 22.8 Å². The molecule has 1 aliphatic heterocycles. The lowest BCUT2D eigenvalue weighted by molar-refractivity contribution is -0.274. The van der Waals surface area contributed by atoms with E-state index >= 15 is 0 Å². The summed E-state index contributed by atoms with van der Waals surface area (Å²) in [6.45, 7) is 1.21. The summed E-state index contributed by atoms with van der Waals surface area (Å²) in [6.07, 6.45) is -3.26. The van der Waals surface area contributed by atoms with Gasteiger partial charge in [-0.3, -0.25) is 14.5 Å². The van der Waals surface area contributed by atoms with E-state index in [-0.39, 0.29) is 30.0 Å². The van der Waals surface area contributed by atoms with Crippen LogP contribution in [0.25, 0.3) is 0 Å². The van der Waals surface area contributed by atoms with Crippen LogP contribution in [0.1, 0.15) is 12.8 Å². The number of primary amides is 1. The van der Waals surface area contributed by atoms with E-state index in [4.69, 9.17) is 5.73 Å². The Hall–Kier alpha value is -2.29. The van der Waals surface area contributed by atoms with Gasteiger partial charge in [-0.15, -0.1) is 13.2 Å². The number of benzene rings is 1. The number of halogens is 3. The monoisotopic (exact) mass is 345 g/mol. The number of amides is 2. The molecular formula is C15H18F3N3O3. The topological polar surface area (TPSA) is 84.7 Å². The van der Waals surface area contributed by atoms with E-state index in [1.165, 1.54) is 12.1 Å². The number of likely N-dealkylation sites (tertiary alicyclic amines) is 1. The van der Waals surface area contributed by atoms with Crippen LogP contribution < -0.4 is 15.8 Å². The molecule has 2 rings (SSSR count). The first kappa shape index (κ1) is 18.1. The number of carbonyl (C=O) groups is 2. The Kier molecular flexibility index (Phi) is 5.66.